The molecule has 1 amide bonds. The number of unbranched alkanes of at least 4 members (excludes halogenated alkanes) is 1. The lowest BCUT2D eigenvalue weighted by Gasteiger charge is -2.30. The molecule has 6 nitrogen and oxygen atoms in total. The van der Waals surface area contributed by atoms with Crippen molar-refractivity contribution in [3.05, 3.63) is 29.3 Å². The number of sulfonamides is 1. The molecule has 1 fully saturated rings. The largest absolute Gasteiger partial charge is 0.356 e. The molecule has 0 aromatic heterocycles. The maximum atomic E-state index is 12.1. The average Bonchev–Trinajstić information content (AvgIpc) is 2.63. The van der Waals surface area contributed by atoms with Gasteiger partial charge < -0.3 is 10.2 Å². The van der Waals surface area contributed by atoms with Crippen molar-refractivity contribution in [3.63, 3.8) is 0 Å². The van der Waals surface area contributed by atoms with Crippen LogP contribution in [0, 0.1) is 5.92 Å². The number of hydrogen-bond donors (Lipinski definition) is 2. The van der Waals surface area contributed by atoms with Gasteiger partial charge in [0.15, 0.2) is 0 Å². The van der Waals surface area contributed by atoms with Gasteiger partial charge in [-0.3, -0.25) is 4.79 Å². The van der Waals surface area contributed by atoms with Crippen molar-refractivity contribution >= 4 is 27.5 Å². The molecule has 8 heteroatoms. The number of rotatable bonds is 10. The number of benzene rings is 1. The van der Waals surface area contributed by atoms with Crippen LogP contribution < -0.4 is 10.0 Å². The Labute approximate surface area is 167 Å². The van der Waals surface area contributed by atoms with Gasteiger partial charge in [0.2, 0.25) is 15.9 Å². The van der Waals surface area contributed by atoms with Gasteiger partial charge in [-0.05, 0) is 69.4 Å². The van der Waals surface area contributed by atoms with Gasteiger partial charge in [0.25, 0.3) is 0 Å². The summed E-state index contributed by atoms with van der Waals surface area (Å²) < 4.78 is 26.7. The van der Waals surface area contributed by atoms with Crippen molar-refractivity contribution in [2.24, 2.45) is 5.92 Å². The van der Waals surface area contributed by atoms with Gasteiger partial charge in [0.05, 0.1) is 4.90 Å². The maximum absolute atomic E-state index is 12.1. The van der Waals surface area contributed by atoms with Gasteiger partial charge in [-0.15, -0.1) is 0 Å². The zero-order chi connectivity index (χ0) is 19.7. The number of nitrogens with one attached hydrogen (secondary N) is 2. The van der Waals surface area contributed by atoms with Crippen LogP contribution in [-0.2, 0) is 14.8 Å². The van der Waals surface area contributed by atoms with E-state index < -0.39 is 10.0 Å². The Hall–Kier alpha value is -1.15. The molecule has 1 aromatic carbocycles. The average molecular weight is 416 g/mol. The van der Waals surface area contributed by atoms with E-state index in [1.807, 2.05) is 0 Å². The number of hydrogen-bond acceptors (Lipinski definition) is 4. The SMILES string of the molecule is CC1CCN(CCCCNC(=O)CCNS(=O)(=O)c2cccc(Cl)c2)CC1. The van der Waals surface area contributed by atoms with Crippen LogP contribution in [0.4, 0.5) is 0 Å². The van der Waals surface area contributed by atoms with E-state index >= 15 is 0 Å². The van der Waals surface area contributed by atoms with Gasteiger partial charge in [-0.25, -0.2) is 13.1 Å². The Bertz CT molecular complexity index is 704. The lowest BCUT2D eigenvalue weighted by atomic mass is 9.99. The van der Waals surface area contributed by atoms with Crippen LogP contribution in [0.3, 0.4) is 0 Å². The summed E-state index contributed by atoms with van der Waals surface area (Å²) in [6.07, 6.45) is 4.68. The highest BCUT2D eigenvalue weighted by atomic mass is 35.5. The third-order valence-corrected chi connectivity index (χ3v) is 6.54. The summed E-state index contributed by atoms with van der Waals surface area (Å²) in [7, 11) is -3.64. The number of carbonyl (C=O) groups is 1. The van der Waals surface area contributed by atoms with E-state index in [0.29, 0.717) is 11.6 Å². The minimum absolute atomic E-state index is 0.0621. The Morgan fingerprint density at radius 1 is 1.22 bits per heavy atom. The Morgan fingerprint density at radius 2 is 1.96 bits per heavy atom. The fourth-order valence-electron chi connectivity index (χ4n) is 3.08. The normalized spacial score (nSPS) is 16.4. The second-order valence-corrected chi connectivity index (χ2v) is 9.39. The monoisotopic (exact) mass is 415 g/mol. The molecule has 0 unspecified atom stereocenters. The molecular weight excluding hydrogens is 386 g/mol. The molecule has 1 aliphatic rings. The van der Waals surface area contributed by atoms with E-state index in [9.17, 15) is 13.2 Å². The fraction of sp³-hybridized carbons (Fsp3) is 0.632. The number of likely N-dealkylation sites (tertiary alicyclic amines) is 1. The van der Waals surface area contributed by atoms with Gasteiger partial charge in [-0.2, -0.15) is 0 Å². The molecule has 0 saturated carbocycles. The van der Waals surface area contributed by atoms with E-state index in [1.54, 1.807) is 12.1 Å². The van der Waals surface area contributed by atoms with E-state index in [-0.39, 0.29) is 23.8 Å². The van der Waals surface area contributed by atoms with E-state index in [2.05, 4.69) is 21.9 Å². The number of piperidine rings is 1. The first-order valence-electron chi connectivity index (χ1n) is 9.61. The van der Waals surface area contributed by atoms with Crippen LogP contribution >= 0.6 is 11.6 Å². The first-order chi connectivity index (χ1) is 12.9. The van der Waals surface area contributed by atoms with Crippen LogP contribution in [0.2, 0.25) is 5.02 Å². The topological polar surface area (TPSA) is 78.5 Å². The van der Waals surface area contributed by atoms with E-state index in [4.69, 9.17) is 11.6 Å². The third kappa shape index (κ3) is 8.17. The van der Waals surface area contributed by atoms with Crippen molar-refractivity contribution < 1.29 is 13.2 Å². The minimum Gasteiger partial charge on any atom is -0.356 e. The molecule has 2 N–H and O–H groups in total. The van der Waals surface area contributed by atoms with Crippen LogP contribution in [-0.4, -0.2) is 51.9 Å². The maximum Gasteiger partial charge on any atom is 0.240 e. The molecule has 1 aromatic rings. The minimum atomic E-state index is -3.64. The first-order valence-corrected chi connectivity index (χ1v) is 11.5. The van der Waals surface area contributed by atoms with Crippen molar-refractivity contribution in [1.29, 1.82) is 0 Å². The molecule has 152 valence electrons. The Kier molecular flexibility index (Phi) is 9.02. The number of nitrogens with zero attached hydrogens (tertiary/aromatic N) is 1. The zero-order valence-corrected chi connectivity index (χ0v) is 17.5. The quantitative estimate of drug-likeness (QED) is 0.576. The molecule has 0 spiro atoms. The number of amides is 1. The highest BCUT2D eigenvalue weighted by molar-refractivity contribution is 7.89. The van der Waals surface area contributed by atoms with Crippen LogP contribution in [0.25, 0.3) is 0 Å². The molecule has 2 rings (SSSR count). The van der Waals surface area contributed by atoms with E-state index in [1.165, 1.54) is 38.1 Å². The second kappa shape index (κ2) is 11.0. The molecule has 0 bridgehead atoms. The smallest absolute Gasteiger partial charge is 0.240 e. The number of carbonyl (C=O) groups excluding carboxylic acids is 1. The van der Waals surface area contributed by atoms with Gasteiger partial charge >= 0.3 is 0 Å². The van der Waals surface area contributed by atoms with Gasteiger partial charge in [0.1, 0.15) is 0 Å². The highest BCUT2D eigenvalue weighted by Gasteiger charge is 2.15. The molecule has 0 atom stereocenters. The summed E-state index contributed by atoms with van der Waals surface area (Å²) in [5, 5.41) is 3.21. The summed E-state index contributed by atoms with van der Waals surface area (Å²) in [5.41, 5.74) is 0. The number of halogens is 1. The summed E-state index contributed by atoms with van der Waals surface area (Å²) >= 11 is 5.81. The molecule has 0 radical (unpaired) electrons. The Balaban J connectivity index is 1.56. The lowest BCUT2D eigenvalue weighted by Crippen LogP contribution is -2.34. The molecule has 1 heterocycles. The highest BCUT2D eigenvalue weighted by Crippen LogP contribution is 2.16. The van der Waals surface area contributed by atoms with Crippen molar-refractivity contribution in [1.82, 2.24) is 14.9 Å². The van der Waals surface area contributed by atoms with Gasteiger partial charge in [0, 0.05) is 24.5 Å². The fourth-order valence-corrected chi connectivity index (χ4v) is 4.41. The first kappa shape index (κ1) is 22.1. The zero-order valence-electron chi connectivity index (χ0n) is 15.9. The predicted molar refractivity (Wildman–Crippen MR) is 108 cm³/mol. The van der Waals surface area contributed by atoms with Crippen molar-refractivity contribution in [2.45, 2.75) is 43.9 Å². The predicted octanol–water partition coefficient (Wildman–Crippen LogP) is 2.64. The summed E-state index contributed by atoms with van der Waals surface area (Å²) in [4.78, 5) is 14.4. The lowest BCUT2D eigenvalue weighted by molar-refractivity contribution is -0.120. The van der Waals surface area contributed by atoms with Crippen LogP contribution in [0.1, 0.15) is 39.0 Å². The van der Waals surface area contributed by atoms with Crippen molar-refractivity contribution in [2.75, 3.05) is 32.7 Å². The molecule has 1 saturated heterocycles. The van der Waals surface area contributed by atoms with Gasteiger partial charge in [-0.1, -0.05) is 24.6 Å². The summed E-state index contributed by atoms with van der Waals surface area (Å²) in [5.74, 6) is 0.701. The Morgan fingerprint density at radius 3 is 2.67 bits per heavy atom. The van der Waals surface area contributed by atoms with Crippen molar-refractivity contribution in [3.8, 4) is 0 Å². The summed E-state index contributed by atoms with van der Waals surface area (Å²) in [6.45, 7) is 6.45. The standard InChI is InChI=1S/C19H30ClN3O3S/c1-16-8-13-23(14-9-16)12-3-2-10-21-19(24)7-11-22-27(25,26)18-6-4-5-17(20)15-18/h4-6,15-16,22H,2-3,7-14H2,1H3,(H,21,24). The second-order valence-electron chi connectivity index (χ2n) is 7.19. The van der Waals surface area contributed by atoms with Crippen LogP contribution in [0.5, 0.6) is 0 Å². The molecule has 1 aliphatic heterocycles. The third-order valence-electron chi connectivity index (χ3n) is 4.85. The molecule has 0 aliphatic carbocycles. The van der Waals surface area contributed by atoms with E-state index in [0.717, 1.165) is 25.3 Å². The molecular formula is C19H30ClN3O3S. The molecule has 27 heavy (non-hydrogen) atoms. The summed E-state index contributed by atoms with van der Waals surface area (Å²) in [6, 6.07) is 6.04. The van der Waals surface area contributed by atoms with Crippen LogP contribution in [0.15, 0.2) is 29.2 Å².